The van der Waals surface area contributed by atoms with Gasteiger partial charge in [-0.15, -0.1) is 0 Å². The number of hydrogen-bond acceptors (Lipinski definition) is 3. The van der Waals surface area contributed by atoms with E-state index in [0.717, 1.165) is 12.2 Å². The lowest BCUT2D eigenvalue weighted by atomic mass is 9.84. The van der Waals surface area contributed by atoms with Crippen LogP contribution in [0.5, 0.6) is 5.75 Å². The molecule has 0 amide bonds. The van der Waals surface area contributed by atoms with E-state index in [1.807, 2.05) is 21.0 Å². The molecule has 0 aliphatic heterocycles. The molecule has 1 aromatic carbocycles. The molecule has 0 fully saturated rings. The van der Waals surface area contributed by atoms with Crippen molar-refractivity contribution in [1.82, 2.24) is 4.90 Å². The van der Waals surface area contributed by atoms with E-state index in [1.54, 1.807) is 0 Å². The zero-order valence-corrected chi connectivity index (χ0v) is 13.7. The van der Waals surface area contributed by atoms with Gasteiger partial charge in [0.1, 0.15) is 5.75 Å². The van der Waals surface area contributed by atoms with E-state index < -0.39 is 0 Å². The molecule has 0 bridgehead atoms. The Balaban J connectivity index is 3.23. The first kappa shape index (κ1) is 17.0. The third kappa shape index (κ3) is 4.22. The second-order valence-corrected chi connectivity index (χ2v) is 6.43. The highest BCUT2D eigenvalue weighted by Crippen LogP contribution is 2.35. The summed E-state index contributed by atoms with van der Waals surface area (Å²) in [4.78, 5) is 2.15. The molecule has 0 spiro atoms. The Morgan fingerprint density at radius 1 is 1.25 bits per heavy atom. The third-order valence-corrected chi connectivity index (χ3v) is 3.52. The highest BCUT2D eigenvalue weighted by Gasteiger charge is 2.22. The van der Waals surface area contributed by atoms with Crippen LogP contribution in [-0.2, 0) is 5.41 Å². The predicted octanol–water partition coefficient (Wildman–Crippen LogP) is 3.37. The molecule has 0 radical (unpaired) electrons. The van der Waals surface area contributed by atoms with Crippen LogP contribution in [0.3, 0.4) is 0 Å². The van der Waals surface area contributed by atoms with Gasteiger partial charge in [-0.05, 0) is 56.1 Å². The molecule has 1 unspecified atom stereocenters. The maximum absolute atomic E-state index is 9.26. The first-order chi connectivity index (χ1) is 9.31. The van der Waals surface area contributed by atoms with Gasteiger partial charge in [0.15, 0.2) is 0 Å². The molecule has 3 nitrogen and oxygen atoms in total. The standard InChI is InChI=1S/C17H29NO2/c1-7-20-16-9-8-13(12-14(16)17(2,3)4)15(10-11-19)18(5)6/h8-9,12,15,19H,7,10-11H2,1-6H3. The van der Waals surface area contributed by atoms with Gasteiger partial charge in [-0.2, -0.15) is 0 Å². The molecule has 114 valence electrons. The zero-order valence-electron chi connectivity index (χ0n) is 13.7. The van der Waals surface area contributed by atoms with Gasteiger partial charge in [0.05, 0.1) is 6.61 Å². The monoisotopic (exact) mass is 279 g/mol. The zero-order chi connectivity index (χ0) is 15.3. The van der Waals surface area contributed by atoms with Gasteiger partial charge in [0, 0.05) is 12.6 Å². The van der Waals surface area contributed by atoms with Crippen LogP contribution in [0.25, 0.3) is 0 Å². The summed E-state index contributed by atoms with van der Waals surface area (Å²) >= 11 is 0. The van der Waals surface area contributed by atoms with Crippen LogP contribution in [0.1, 0.15) is 51.3 Å². The molecule has 1 N–H and O–H groups in total. The Kier molecular flexibility index (Phi) is 6.03. The summed E-state index contributed by atoms with van der Waals surface area (Å²) in [6.45, 7) is 9.48. The maximum atomic E-state index is 9.26. The van der Waals surface area contributed by atoms with Crippen molar-refractivity contribution in [1.29, 1.82) is 0 Å². The fourth-order valence-electron chi connectivity index (χ4n) is 2.47. The average Bonchev–Trinajstić information content (AvgIpc) is 2.35. The smallest absolute Gasteiger partial charge is 0.123 e. The van der Waals surface area contributed by atoms with E-state index in [0.29, 0.717) is 6.61 Å². The predicted molar refractivity (Wildman–Crippen MR) is 84.4 cm³/mol. The van der Waals surface area contributed by atoms with Gasteiger partial charge in [0.25, 0.3) is 0 Å². The average molecular weight is 279 g/mol. The van der Waals surface area contributed by atoms with Gasteiger partial charge in [-0.1, -0.05) is 26.8 Å². The highest BCUT2D eigenvalue weighted by atomic mass is 16.5. The van der Waals surface area contributed by atoms with Crippen LogP contribution in [0.4, 0.5) is 0 Å². The highest BCUT2D eigenvalue weighted by molar-refractivity contribution is 5.42. The number of nitrogens with zero attached hydrogens (tertiary/aromatic N) is 1. The van der Waals surface area contributed by atoms with Crippen molar-refractivity contribution in [2.45, 2.75) is 45.6 Å². The first-order valence-corrected chi connectivity index (χ1v) is 7.35. The van der Waals surface area contributed by atoms with E-state index in [-0.39, 0.29) is 18.1 Å². The number of benzene rings is 1. The van der Waals surface area contributed by atoms with Crippen molar-refractivity contribution in [3.63, 3.8) is 0 Å². The molecular formula is C17H29NO2. The topological polar surface area (TPSA) is 32.7 Å². The molecule has 0 aromatic heterocycles. The minimum absolute atomic E-state index is 0.0383. The first-order valence-electron chi connectivity index (χ1n) is 7.35. The number of aliphatic hydroxyl groups excluding tert-OH is 1. The second kappa shape index (κ2) is 7.09. The summed E-state index contributed by atoms with van der Waals surface area (Å²) in [5, 5.41) is 9.26. The van der Waals surface area contributed by atoms with Crippen molar-refractivity contribution in [2.24, 2.45) is 0 Å². The molecule has 0 saturated heterocycles. The Morgan fingerprint density at radius 2 is 1.90 bits per heavy atom. The molecule has 1 rings (SSSR count). The normalized spacial score (nSPS) is 13.6. The number of hydrogen-bond donors (Lipinski definition) is 1. The van der Waals surface area contributed by atoms with E-state index in [2.05, 4.69) is 43.9 Å². The van der Waals surface area contributed by atoms with Gasteiger partial charge >= 0.3 is 0 Å². The third-order valence-electron chi connectivity index (χ3n) is 3.52. The lowest BCUT2D eigenvalue weighted by molar-refractivity contribution is 0.210. The number of rotatable bonds is 6. The second-order valence-electron chi connectivity index (χ2n) is 6.43. The van der Waals surface area contributed by atoms with Crippen molar-refractivity contribution in [2.75, 3.05) is 27.3 Å². The van der Waals surface area contributed by atoms with E-state index in [4.69, 9.17) is 4.74 Å². The summed E-state index contributed by atoms with van der Waals surface area (Å²) in [6.07, 6.45) is 0.741. The van der Waals surface area contributed by atoms with Gasteiger partial charge in [-0.25, -0.2) is 0 Å². The van der Waals surface area contributed by atoms with Crippen LogP contribution in [-0.4, -0.2) is 37.3 Å². The van der Waals surface area contributed by atoms with Crippen molar-refractivity contribution in [3.8, 4) is 5.75 Å². The summed E-state index contributed by atoms with van der Waals surface area (Å²) in [6, 6.07) is 6.64. The molecule has 1 atom stereocenters. The Labute approximate surface area is 123 Å². The Hall–Kier alpha value is -1.06. The lowest BCUT2D eigenvalue weighted by Crippen LogP contribution is -2.22. The molecule has 1 aromatic rings. The van der Waals surface area contributed by atoms with Crippen LogP contribution in [0, 0.1) is 0 Å². The van der Waals surface area contributed by atoms with Crippen LogP contribution >= 0.6 is 0 Å². The van der Waals surface area contributed by atoms with Crippen molar-refractivity contribution < 1.29 is 9.84 Å². The molecule has 0 aliphatic carbocycles. The molecule has 3 heteroatoms. The molecule has 0 saturated carbocycles. The SMILES string of the molecule is CCOc1ccc(C(CCO)N(C)C)cc1C(C)(C)C. The fraction of sp³-hybridized carbons (Fsp3) is 0.647. The molecular weight excluding hydrogens is 250 g/mol. The number of aliphatic hydroxyl groups is 1. The molecule has 0 aliphatic rings. The fourth-order valence-corrected chi connectivity index (χ4v) is 2.47. The maximum Gasteiger partial charge on any atom is 0.123 e. The summed E-state index contributed by atoms with van der Waals surface area (Å²) in [5.41, 5.74) is 2.50. The number of ether oxygens (including phenoxy) is 1. The molecule has 0 heterocycles. The van der Waals surface area contributed by atoms with Crippen LogP contribution in [0.2, 0.25) is 0 Å². The van der Waals surface area contributed by atoms with Gasteiger partial charge in [-0.3, -0.25) is 0 Å². The summed E-state index contributed by atoms with van der Waals surface area (Å²) in [5.74, 6) is 0.963. The van der Waals surface area contributed by atoms with E-state index in [9.17, 15) is 5.11 Å². The van der Waals surface area contributed by atoms with Crippen LogP contribution in [0.15, 0.2) is 18.2 Å². The Bertz CT molecular complexity index is 421. The summed E-state index contributed by atoms with van der Waals surface area (Å²) in [7, 11) is 4.10. The summed E-state index contributed by atoms with van der Waals surface area (Å²) < 4.78 is 5.76. The van der Waals surface area contributed by atoms with Gasteiger partial charge < -0.3 is 14.7 Å². The minimum atomic E-state index is 0.0383. The van der Waals surface area contributed by atoms with Crippen molar-refractivity contribution in [3.05, 3.63) is 29.3 Å². The lowest BCUT2D eigenvalue weighted by Gasteiger charge is -2.28. The Morgan fingerprint density at radius 3 is 2.35 bits per heavy atom. The van der Waals surface area contributed by atoms with E-state index >= 15 is 0 Å². The largest absolute Gasteiger partial charge is 0.494 e. The molecule has 20 heavy (non-hydrogen) atoms. The van der Waals surface area contributed by atoms with Crippen LogP contribution < -0.4 is 4.74 Å². The van der Waals surface area contributed by atoms with E-state index in [1.165, 1.54) is 11.1 Å². The van der Waals surface area contributed by atoms with Crippen molar-refractivity contribution >= 4 is 0 Å². The minimum Gasteiger partial charge on any atom is -0.494 e. The van der Waals surface area contributed by atoms with Gasteiger partial charge in [0.2, 0.25) is 0 Å². The quantitative estimate of drug-likeness (QED) is 0.866.